The molecule has 1 saturated heterocycles. The van der Waals surface area contributed by atoms with E-state index in [4.69, 9.17) is 4.74 Å². The number of H-pyrrole nitrogens is 1. The van der Waals surface area contributed by atoms with Gasteiger partial charge in [0.15, 0.2) is 17.5 Å². The lowest BCUT2D eigenvalue weighted by atomic mass is 10.2. The fourth-order valence-electron chi connectivity index (χ4n) is 2.88. The summed E-state index contributed by atoms with van der Waals surface area (Å²) in [6.45, 7) is 0.867. The molecule has 1 aromatic heterocycles. The third-order valence-electron chi connectivity index (χ3n) is 4.28. The Bertz CT molecular complexity index is 1090. The first-order valence-corrected chi connectivity index (χ1v) is 9.71. The number of nitrogens with one attached hydrogen (secondary N) is 3. The van der Waals surface area contributed by atoms with Gasteiger partial charge in [-0.1, -0.05) is 0 Å². The van der Waals surface area contributed by atoms with E-state index in [9.17, 15) is 17.2 Å². The van der Waals surface area contributed by atoms with E-state index >= 15 is 0 Å². The van der Waals surface area contributed by atoms with Crippen LogP contribution in [0.1, 0.15) is 6.42 Å². The Kier molecular flexibility index (Phi) is 4.54. The molecule has 0 amide bonds. The molecule has 2 aromatic carbocycles. The number of sulfonamides is 1. The second-order valence-electron chi connectivity index (χ2n) is 6.22. The van der Waals surface area contributed by atoms with Gasteiger partial charge in [0.25, 0.3) is 0 Å². The normalized spacial score (nSPS) is 17.5. The van der Waals surface area contributed by atoms with Gasteiger partial charge in [-0.3, -0.25) is 5.10 Å². The van der Waals surface area contributed by atoms with Crippen molar-refractivity contribution in [2.45, 2.75) is 17.4 Å². The highest BCUT2D eigenvalue weighted by molar-refractivity contribution is 7.89. The smallest absolute Gasteiger partial charge is 0.240 e. The molecule has 142 valence electrons. The third-order valence-corrected chi connectivity index (χ3v) is 5.80. The highest BCUT2D eigenvalue weighted by Gasteiger charge is 2.24. The van der Waals surface area contributed by atoms with Crippen LogP contribution in [-0.2, 0) is 14.8 Å². The maximum atomic E-state index is 13.4. The predicted molar refractivity (Wildman–Crippen MR) is 95.3 cm³/mol. The summed E-state index contributed by atoms with van der Waals surface area (Å²) >= 11 is 0. The second-order valence-corrected chi connectivity index (χ2v) is 7.93. The lowest BCUT2D eigenvalue weighted by Crippen LogP contribution is -2.34. The number of aromatic nitrogens is 2. The van der Waals surface area contributed by atoms with E-state index in [-0.39, 0.29) is 16.6 Å². The Hall–Kier alpha value is -2.56. The van der Waals surface area contributed by atoms with Crippen molar-refractivity contribution in [1.29, 1.82) is 0 Å². The Morgan fingerprint density at radius 1 is 1.15 bits per heavy atom. The number of fused-ring (bicyclic) bond motifs is 1. The molecule has 0 saturated carbocycles. The first kappa shape index (κ1) is 17.8. The van der Waals surface area contributed by atoms with Crippen molar-refractivity contribution in [2.24, 2.45) is 0 Å². The van der Waals surface area contributed by atoms with Gasteiger partial charge in [0, 0.05) is 29.8 Å². The average molecular weight is 394 g/mol. The molecular weight excluding hydrogens is 378 g/mol. The Morgan fingerprint density at radius 2 is 2.00 bits per heavy atom. The zero-order valence-electron chi connectivity index (χ0n) is 14.0. The van der Waals surface area contributed by atoms with Crippen molar-refractivity contribution in [3.63, 3.8) is 0 Å². The van der Waals surface area contributed by atoms with Gasteiger partial charge in [-0.15, -0.1) is 0 Å². The molecule has 0 unspecified atom stereocenters. The standard InChI is InChI=1S/C17H16F2N4O3S/c18-14-3-1-10(7-15(14)19)20-17-13-8-12(2-4-16(13)21-22-17)27(24,25)23-11-5-6-26-9-11/h1-4,7-8,11,23H,5-6,9H2,(H2,20,21,22)/t11-/m0/s1. The molecule has 27 heavy (non-hydrogen) atoms. The molecule has 1 fully saturated rings. The maximum Gasteiger partial charge on any atom is 0.240 e. The fraction of sp³-hybridized carbons (Fsp3) is 0.235. The summed E-state index contributed by atoms with van der Waals surface area (Å²) in [5.74, 6) is -1.65. The molecule has 0 spiro atoms. The van der Waals surface area contributed by atoms with Gasteiger partial charge in [0.2, 0.25) is 10.0 Å². The first-order chi connectivity index (χ1) is 12.9. The molecule has 4 rings (SSSR count). The van der Waals surface area contributed by atoms with E-state index in [1.54, 1.807) is 6.07 Å². The Balaban J connectivity index is 1.65. The van der Waals surface area contributed by atoms with Gasteiger partial charge >= 0.3 is 0 Å². The monoisotopic (exact) mass is 394 g/mol. The van der Waals surface area contributed by atoms with Crippen LogP contribution in [0.3, 0.4) is 0 Å². The van der Waals surface area contributed by atoms with E-state index in [0.717, 1.165) is 12.1 Å². The maximum absolute atomic E-state index is 13.4. The Morgan fingerprint density at radius 3 is 2.74 bits per heavy atom. The van der Waals surface area contributed by atoms with Crippen LogP contribution in [0.2, 0.25) is 0 Å². The molecule has 1 atom stereocenters. The van der Waals surface area contributed by atoms with E-state index in [0.29, 0.717) is 36.4 Å². The molecular formula is C17H16F2N4O3S. The number of hydrogen-bond acceptors (Lipinski definition) is 5. The van der Waals surface area contributed by atoms with Gasteiger partial charge in [0.1, 0.15) is 0 Å². The minimum atomic E-state index is -3.72. The van der Waals surface area contributed by atoms with Crippen molar-refractivity contribution in [1.82, 2.24) is 14.9 Å². The van der Waals surface area contributed by atoms with Gasteiger partial charge < -0.3 is 10.1 Å². The number of hydrogen-bond donors (Lipinski definition) is 3. The minimum Gasteiger partial charge on any atom is -0.380 e. The van der Waals surface area contributed by atoms with Crippen LogP contribution in [-0.4, -0.2) is 37.9 Å². The molecule has 0 aliphatic carbocycles. The van der Waals surface area contributed by atoms with Crippen LogP contribution in [0.15, 0.2) is 41.3 Å². The van der Waals surface area contributed by atoms with E-state index in [2.05, 4.69) is 20.2 Å². The molecule has 7 nitrogen and oxygen atoms in total. The highest BCUT2D eigenvalue weighted by Crippen LogP contribution is 2.27. The van der Waals surface area contributed by atoms with Crippen molar-refractivity contribution in [3.8, 4) is 0 Å². The number of benzene rings is 2. The number of ether oxygens (including phenoxy) is 1. The molecule has 3 aromatic rings. The Labute approximate surface area is 153 Å². The summed E-state index contributed by atoms with van der Waals surface area (Å²) < 4.78 is 59.5. The average Bonchev–Trinajstić information content (AvgIpc) is 3.27. The third kappa shape index (κ3) is 3.64. The van der Waals surface area contributed by atoms with Crippen LogP contribution in [0.25, 0.3) is 10.9 Å². The van der Waals surface area contributed by atoms with E-state index in [1.165, 1.54) is 18.2 Å². The van der Waals surface area contributed by atoms with E-state index in [1.807, 2.05) is 0 Å². The predicted octanol–water partition coefficient (Wildman–Crippen LogP) is 2.65. The van der Waals surface area contributed by atoms with Crippen LogP contribution >= 0.6 is 0 Å². The van der Waals surface area contributed by atoms with Crippen molar-refractivity contribution < 1.29 is 21.9 Å². The molecule has 0 bridgehead atoms. The molecule has 2 heterocycles. The van der Waals surface area contributed by atoms with Crippen molar-refractivity contribution in [3.05, 3.63) is 48.0 Å². The van der Waals surface area contributed by atoms with E-state index < -0.39 is 21.7 Å². The van der Waals surface area contributed by atoms with Gasteiger partial charge in [-0.25, -0.2) is 21.9 Å². The minimum absolute atomic E-state index is 0.0802. The zero-order valence-corrected chi connectivity index (χ0v) is 14.8. The molecule has 0 radical (unpaired) electrons. The fourth-order valence-corrected chi connectivity index (χ4v) is 4.16. The summed E-state index contributed by atoms with van der Waals surface area (Å²) in [6.07, 6.45) is 0.621. The number of nitrogens with zero attached hydrogens (tertiary/aromatic N) is 1. The molecule has 3 N–H and O–H groups in total. The lowest BCUT2D eigenvalue weighted by Gasteiger charge is -2.11. The highest BCUT2D eigenvalue weighted by atomic mass is 32.2. The second kappa shape index (κ2) is 6.87. The summed E-state index contributed by atoms with van der Waals surface area (Å²) in [6, 6.07) is 7.64. The topological polar surface area (TPSA) is 96.1 Å². The van der Waals surface area contributed by atoms with Gasteiger partial charge in [-0.2, -0.15) is 5.10 Å². The summed E-state index contributed by atoms with van der Waals surface area (Å²) in [5.41, 5.74) is 0.889. The van der Waals surface area contributed by atoms with Crippen LogP contribution < -0.4 is 10.0 Å². The van der Waals surface area contributed by atoms with Crippen molar-refractivity contribution >= 4 is 32.4 Å². The quantitative estimate of drug-likeness (QED) is 0.618. The van der Waals surface area contributed by atoms with Crippen LogP contribution in [0.4, 0.5) is 20.3 Å². The largest absolute Gasteiger partial charge is 0.380 e. The number of aromatic amines is 1. The van der Waals surface area contributed by atoms with Crippen LogP contribution in [0.5, 0.6) is 0 Å². The summed E-state index contributed by atoms with van der Waals surface area (Å²) in [7, 11) is -3.72. The molecule has 1 aliphatic heterocycles. The number of halogens is 2. The summed E-state index contributed by atoms with van der Waals surface area (Å²) in [5, 5.41) is 10.2. The zero-order chi connectivity index (χ0) is 19.0. The number of rotatable bonds is 5. The molecule has 10 heteroatoms. The summed E-state index contributed by atoms with van der Waals surface area (Å²) in [4.78, 5) is 0.0802. The van der Waals surface area contributed by atoms with Crippen molar-refractivity contribution in [2.75, 3.05) is 18.5 Å². The molecule has 1 aliphatic rings. The first-order valence-electron chi connectivity index (χ1n) is 8.23. The van der Waals surface area contributed by atoms with Gasteiger partial charge in [0.05, 0.1) is 17.0 Å². The van der Waals surface area contributed by atoms with Crippen LogP contribution in [0, 0.1) is 11.6 Å². The lowest BCUT2D eigenvalue weighted by molar-refractivity contribution is 0.192. The number of anilines is 2. The SMILES string of the molecule is O=S(=O)(N[C@H]1CCOC1)c1ccc2[nH]nc(Nc3ccc(F)c(F)c3)c2c1. The van der Waals surface area contributed by atoms with Gasteiger partial charge in [-0.05, 0) is 36.8 Å².